The quantitative estimate of drug-likeness (QED) is 0.139. The minimum atomic E-state index is -0.800. The number of nitrogens with one attached hydrogen (secondary N) is 5. The highest BCUT2D eigenvalue weighted by atomic mass is 16.5. The van der Waals surface area contributed by atoms with E-state index in [9.17, 15) is 14.9 Å². The van der Waals surface area contributed by atoms with Gasteiger partial charge in [-0.3, -0.25) is 25.2 Å². The number of aromatic amines is 1. The van der Waals surface area contributed by atoms with E-state index in [1.54, 1.807) is 31.3 Å². The van der Waals surface area contributed by atoms with E-state index >= 15 is 0 Å². The van der Waals surface area contributed by atoms with Crippen LogP contribution in [0.15, 0.2) is 82.8 Å². The Labute approximate surface area is 269 Å². The molecule has 2 atom stereocenters. The van der Waals surface area contributed by atoms with E-state index in [-0.39, 0.29) is 65.8 Å². The van der Waals surface area contributed by atoms with Gasteiger partial charge in [-0.05, 0) is 54.9 Å². The van der Waals surface area contributed by atoms with Crippen molar-refractivity contribution < 1.29 is 23.8 Å². The maximum atomic E-state index is 13.2. The number of nitrogen functional groups attached to an aromatic ring is 1. The molecule has 2 unspecified atom stereocenters. The maximum absolute atomic E-state index is 13.2. The van der Waals surface area contributed by atoms with Crippen LogP contribution in [-0.2, 0) is 27.2 Å². The van der Waals surface area contributed by atoms with E-state index in [1.807, 2.05) is 24.4 Å². The Morgan fingerprint density at radius 3 is 2.83 bits per heavy atom. The fraction of sp³-hybridized carbons (Fsp3) is 0.250. The lowest BCUT2D eigenvalue weighted by atomic mass is 10.0. The molecule has 1 aromatic heterocycles. The molecule has 0 radical (unpaired) electrons. The first-order chi connectivity index (χ1) is 22.9. The van der Waals surface area contributed by atoms with Gasteiger partial charge in [-0.15, -0.1) is 0 Å². The fourth-order valence-electron chi connectivity index (χ4n) is 5.06. The number of ether oxygens (including phenoxy) is 3. The molecule has 3 aliphatic rings. The van der Waals surface area contributed by atoms with E-state index in [0.29, 0.717) is 36.6 Å². The van der Waals surface area contributed by atoms with Crippen LogP contribution in [0.2, 0.25) is 0 Å². The second-order valence-corrected chi connectivity index (χ2v) is 10.7. The maximum Gasteiger partial charge on any atom is 0.306 e. The van der Waals surface area contributed by atoms with Gasteiger partial charge in [0, 0.05) is 31.6 Å². The number of hydrogen-bond acceptors (Lipinski definition) is 13. The summed E-state index contributed by atoms with van der Waals surface area (Å²) in [4.78, 5) is 41.6. The molecule has 4 heterocycles. The van der Waals surface area contributed by atoms with Crippen molar-refractivity contribution in [3.05, 3.63) is 95.2 Å². The number of fused-ring (bicyclic) bond motifs is 1. The van der Waals surface area contributed by atoms with E-state index in [0.717, 1.165) is 11.1 Å². The lowest BCUT2D eigenvalue weighted by molar-refractivity contribution is -0.143. The number of nitriles is 1. The molecule has 240 valence electrons. The number of nitrogens with two attached hydrogens (primary N) is 1. The average Bonchev–Trinajstić information content (AvgIpc) is 3.59. The number of nitrogens with zero attached hydrogens (tertiary/aromatic N) is 4. The number of anilines is 1. The van der Waals surface area contributed by atoms with E-state index in [4.69, 9.17) is 19.9 Å². The minimum Gasteiger partial charge on any atom is -0.466 e. The molecule has 15 nitrogen and oxygen atoms in total. The summed E-state index contributed by atoms with van der Waals surface area (Å²) in [5, 5.41) is 21.9. The highest BCUT2D eigenvalue weighted by molar-refractivity contribution is 6.14. The zero-order chi connectivity index (χ0) is 32.8. The molecule has 3 aromatic rings. The minimum absolute atomic E-state index is 0.00275. The third-order valence-corrected chi connectivity index (χ3v) is 7.30. The summed E-state index contributed by atoms with van der Waals surface area (Å²) >= 11 is 0. The third-order valence-electron chi connectivity index (χ3n) is 7.30. The van der Waals surface area contributed by atoms with Gasteiger partial charge in [-0.25, -0.2) is 4.98 Å². The molecular weight excluding hydrogens is 604 g/mol. The molecule has 0 saturated heterocycles. The largest absolute Gasteiger partial charge is 0.466 e. The highest BCUT2D eigenvalue weighted by Gasteiger charge is 2.34. The number of aliphatic imine (C=N–C) groups is 2. The molecule has 0 bridgehead atoms. The second-order valence-electron chi connectivity index (χ2n) is 10.7. The Hall–Kier alpha value is -6.14. The number of aromatic nitrogens is 2. The molecule has 0 fully saturated rings. The van der Waals surface area contributed by atoms with Crippen LogP contribution in [0.25, 0.3) is 0 Å². The van der Waals surface area contributed by atoms with Crippen molar-refractivity contribution in [2.75, 3.05) is 18.9 Å². The van der Waals surface area contributed by atoms with E-state index < -0.39 is 6.04 Å². The average molecular weight is 637 g/mol. The van der Waals surface area contributed by atoms with Gasteiger partial charge in [-0.1, -0.05) is 12.1 Å². The number of amidine groups is 2. The third kappa shape index (κ3) is 7.40. The molecular formula is C32H32N10O5. The van der Waals surface area contributed by atoms with Gasteiger partial charge < -0.3 is 35.6 Å². The molecule has 2 aromatic carbocycles. The van der Waals surface area contributed by atoms with E-state index in [2.05, 4.69) is 47.3 Å². The number of H-pyrrole nitrogens is 1. The van der Waals surface area contributed by atoms with Gasteiger partial charge in [0.15, 0.2) is 11.6 Å². The van der Waals surface area contributed by atoms with Gasteiger partial charge in [0.05, 0.1) is 35.9 Å². The van der Waals surface area contributed by atoms with Gasteiger partial charge in [0.1, 0.15) is 23.7 Å². The van der Waals surface area contributed by atoms with Crippen molar-refractivity contribution in [2.45, 2.75) is 38.4 Å². The molecule has 1 amide bonds. The van der Waals surface area contributed by atoms with Crippen molar-refractivity contribution >= 4 is 29.4 Å². The zero-order valence-electron chi connectivity index (χ0n) is 25.4. The first-order valence-electron chi connectivity index (χ1n) is 14.9. The topological polar surface area (TPSA) is 213 Å². The number of benzene rings is 2. The summed E-state index contributed by atoms with van der Waals surface area (Å²) in [7, 11) is 0. The lowest BCUT2D eigenvalue weighted by Gasteiger charge is -2.28. The molecule has 6 rings (SSSR count). The number of imidazole rings is 1. The molecule has 0 aliphatic carbocycles. The Kier molecular flexibility index (Phi) is 9.11. The Bertz CT molecular complexity index is 1840. The monoisotopic (exact) mass is 636 g/mol. The van der Waals surface area contributed by atoms with Crippen molar-refractivity contribution in [2.24, 2.45) is 9.98 Å². The van der Waals surface area contributed by atoms with Crippen molar-refractivity contribution in [1.29, 1.82) is 5.26 Å². The Morgan fingerprint density at radius 1 is 1.17 bits per heavy atom. The summed E-state index contributed by atoms with van der Waals surface area (Å²) in [5.41, 5.74) is 9.29. The molecule has 0 spiro atoms. The van der Waals surface area contributed by atoms with Crippen LogP contribution in [-0.4, -0.2) is 52.9 Å². The van der Waals surface area contributed by atoms with Crippen LogP contribution in [0, 0.1) is 11.3 Å². The first-order valence-corrected chi connectivity index (χ1v) is 14.9. The second kappa shape index (κ2) is 13.9. The number of aryl methyl sites for hydroxylation is 1. The number of carbonyl (C=O) groups excluding carboxylic acids is 2. The van der Waals surface area contributed by atoms with Crippen LogP contribution in [0.4, 0.5) is 5.69 Å². The molecule has 3 aliphatic heterocycles. The smallest absolute Gasteiger partial charge is 0.306 e. The summed E-state index contributed by atoms with van der Waals surface area (Å²) < 4.78 is 17.5. The fourth-order valence-corrected chi connectivity index (χ4v) is 5.06. The summed E-state index contributed by atoms with van der Waals surface area (Å²) in [6, 6.07) is 11.4. The molecule has 0 saturated carbocycles. The van der Waals surface area contributed by atoms with Crippen LogP contribution < -0.4 is 36.5 Å². The summed E-state index contributed by atoms with van der Waals surface area (Å²) in [5.74, 6) is 0.160. The number of esters is 1. The predicted molar refractivity (Wildman–Crippen MR) is 170 cm³/mol. The Morgan fingerprint density at radius 2 is 2.06 bits per heavy atom. The van der Waals surface area contributed by atoms with Gasteiger partial charge >= 0.3 is 12.0 Å². The van der Waals surface area contributed by atoms with Crippen LogP contribution >= 0.6 is 0 Å². The zero-order valence-corrected chi connectivity index (χ0v) is 25.4. The molecule has 47 heavy (non-hydrogen) atoms. The van der Waals surface area contributed by atoms with Crippen molar-refractivity contribution in [1.82, 2.24) is 31.2 Å². The normalized spacial score (nSPS) is 18.4. The predicted octanol–water partition coefficient (Wildman–Crippen LogP) is 1.79. The first kappa shape index (κ1) is 30.9. The number of hydrogen-bond donors (Lipinski definition) is 6. The Balaban J connectivity index is 1.37. The van der Waals surface area contributed by atoms with Gasteiger partial charge in [-0.2, -0.15) is 10.3 Å². The summed E-state index contributed by atoms with van der Waals surface area (Å²) in [6.45, 7) is 2.72. The van der Waals surface area contributed by atoms with Gasteiger partial charge in [0.2, 0.25) is 5.91 Å². The standard InChI is InChI=1S/C32H32N10O5/c1-2-45-26(43)7-5-18-10-20(28-36-8-3-9-37-28)13-22(11-18)46-31-27-29(39-24(30(44)40-27)14-21-16-35-17-38-21)41-32(42-31)47-25-12-19(15-33)4-6-23(25)34/h3-4,6,8,10-13,16-17,24,28,36-37H,2,5,7,9,14,34H2,1H3,(H,35,38)(H,40,44)(H,39,41,42). The number of amides is 1. The molecule has 15 heteroatoms. The van der Waals surface area contributed by atoms with Crippen LogP contribution in [0.3, 0.4) is 0 Å². The number of carbonyl (C=O) groups is 2. The highest BCUT2D eigenvalue weighted by Crippen LogP contribution is 2.28. The SMILES string of the molecule is CCOC(=O)CCc1cc(OC2=C3NC(=O)C(Cc4c[nH]cn4)N=C3NC(Oc3cc(C#N)ccc3N)=N2)cc(C2NC=CCN2)c1. The van der Waals surface area contributed by atoms with Crippen molar-refractivity contribution in [3.8, 4) is 17.6 Å². The van der Waals surface area contributed by atoms with E-state index in [1.165, 1.54) is 12.4 Å². The van der Waals surface area contributed by atoms with Crippen LogP contribution in [0.5, 0.6) is 11.5 Å². The number of rotatable bonds is 10. The lowest BCUT2D eigenvalue weighted by Crippen LogP contribution is -2.51. The summed E-state index contributed by atoms with van der Waals surface area (Å²) in [6.07, 6.45) is 7.67. The van der Waals surface area contributed by atoms with Gasteiger partial charge in [0.25, 0.3) is 5.88 Å². The van der Waals surface area contributed by atoms with Crippen molar-refractivity contribution in [3.63, 3.8) is 0 Å². The van der Waals surface area contributed by atoms with Crippen LogP contribution in [0.1, 0.15) is 41.9 Å². The molecule has 7 N–H and O–H groups in total.